The van der Waals surface area contributed by atoms with E-state index in [0.29, 0.717) is 11.4 Å². The zero-order valence-corrected chi connectivity index (χ0v) is 12.5. The van der Waals surface area contributed by atoms with Crippen LogP contribution >= 0.6 is 11.8 Å². The summed E-state index contributed by atoms with van der Waals surface area (Å²) in [6.45, 7) is 0.834. The number of thioether (sulfide) groups is 1. The number of methoxy groups -OCH3 is 1. The molecule has 0 aliphatic heterocycles. The highest BCUT2D eigenvalue weighted by molar-refractivity contribution is 7.98. The van der Waals surface area contributed by atoms with Crippen molar-refractivity contribution >= 4 is 23.5 Å². The predicted octanol–water partition coefficient (Wildman–Crippen LogP) is 3.20. The zero-order chi connectivity index (χ0) is 13.9. The van der Waals surface area contributed by atoms with Crippen LogP contribution in [0.5, 0.6) is 0 Å². The molecule has 1 heterocycles. The number of anilines is 1. The van der Waals surface area contributed by atoms with Gasteiger partial charge in [0.2, 0.25) is 0 Å². The highest BCUT2D eigenvalue weighted by atomic mass is 32.2. The number of rotatable bonds is 9. The summed E-state index contributed by atoms with van der Waals surface area (Å²) in [4.78, 5) is 15.7. The van der Waals surface area contributed by atoms with Crippen molar-refractivity contribution in [2.75, 3.05) is 31.0 Å². The Labute approximate surface area is 119 Å². The van der Waals surface area contributed by atoms with Gasteiger partial charge in [0, 0.05) is 12.7 Å². The third-order valence-corrected chi connectivity index (χ3v) is 3.48. The molecule has 1 aromatic rings. The van der Waals surface area contributed by atoms with Crippen molar-refractivity contribution in [2.45, 2.75) is 25.7 Å². The summed E-state index contributed by atoms with van der Waals surface area (Å²) in [6.07, 6.45) is 8.64. The molecule has 0 radical (unpaired) electrons. The van der Waals surface area contributed by atoms with Gasteiger partial charge in [-0.15, -0.1) is 0 Å². The minimum atomic E-state index is -0.351. The second kappa shape index (κ2) is 9.67. The molecule has 0 saturated heterocycles. The van der Waals surface area contributed by atoms with E-state index in [-0.39, 0.29) is 5.97 Å². The molecule has 0 unspecified atom stereocenters. The van der Waals surface area contributed by atoms with Crippen molar-refractivity contribution < 1.29 is 9.53 Å². The number of carbonyl (C=O) groups excluding carboxylic acids is 1. The van der Waals surface area contributed by atoms with Gasteiger partial charge in [-0.2, -0.15) is 11.8 Å². The van der Waals surface area contributed by atoms with Crippen molar-refractivity contribution in [3.8, 4) is 0 Å². The molecule has 0 amide bonds. The van der Waals surface area contributed by atoms with Crippen molar-refractivity contribution in [3.05, 3.63) is 23.9 Å². The Morgan fingerprint density at radius 1 is 1.37 bits per heavy atom. The van der Waals surface area contributed by atoms with Gasteiger partial charge in [0.25, 0.3) is 0 Å². The summed E-state index contributed by atoms with van der Waals surface area (Å²) in [7, 11) is 1.38. The molecule has 1 rings (SSSR count). The summed E-state index contributed by atoms with van der Waals surface area (Å²) in [5, 5.41) is 3.20. The molecule has 0 aliphatic carbocycles. The fraction of sp³-hybridized carbons (Fsp3) is 0.571. The maximum absolute atomic E-state index is 11.5. The molecule has 1 N–H and O–H groups in total. The average molecular weight is 282 g/mol. The number of carbonyl (C=O) groups is 1. The Morgan fingerprint density at radius 2 is 2.16 bits per heavy atom. The van der Waals surface area contributed by atoms with Gasteiger partial charge in [-0.05, 0) is 37.0 Å². The number of esters is 1. The van der Waals surface area contributed by atoms with Gasteiger partial charge in [0.05, 0.1) is 7.11 Å². The van der Waals surface area contributed by atoms with E-state index in [2.05, 4.69) is 16.6 Å². The first kappa shape index (κ1) is 15.8. The molecule has 0 bridgehead atoms. The van der Waals surface area contributed by atoms with Crippen LogP contribution in [0.25, 0.3) is 0 Å². The Morgan fingerprint density at radius 3 is 2.89 bits per heavy atom. The lowest BCUT2D eigenvalue weighted by Gasteiger charge is -2.09. The van der Waals surface area contributed by atoms with Crippen molar-refractivity contribution in [1.29, 1.82) is 0 Å². The quantitative estimate of drug-likeness (QED) is 0.557. The smallest absolute Gasteiger partial charge is 0.341 e. The van der Waals surface area contributed by atoms with E-state index in [1.165, 1.54) is 32.1 Å². The maximum Gasteiger partial charge on any atom is 0.341 e. The Balaban J connectivity index is 2.31. The number of pyridine rings is 1. The van der Waals surface area contributed by atoms with E-state index in [1.807, 2.05) is 11.8 Å². The Hall–Kier alpha value is -1.23. The van der Waals surface area contributed by atoms with E-state index in [1.54, 1.807) is 18.3 Å². The van der Waals surface area contributed by atoms with Crippen LogP contribution in [0.15, 0.2) is 18.3 Å². The van der Waals surface area contributed by atoms with Crippen LogP contribution in [0, 0.1) is 0 Å². The average Bonchev–Trinajstić information content (AvgIpc) is 2.46. The van der Waals surface area contributed by atoms with Crippen LogP contribution in [0.4, 0.5) is 5.82 Å². The zero-order valence-electron chi connectivity index (χ0n) is 11.6. The van der Waals surface area contributed by atoms with Gasteiger partial charge in [-0.25, -0.2) is 9.78 Å². The van der Waals surface area contributed by atoms with Crippen LogP contribution in [-0.2, 0) is 4.74 Å². The van der Waals surface area contributed by atoms with Crippen molar-refractivity contribution in [1.82, 2.24) is 4.98 Å². The number of ether oxygens (including phenoxy) is 1. The van der Waals surface area contributed by atoms with Crippen LogP contribution in [0.2, 0.25) is 0 Å². The molecular weight excluding hydrogens is 260 g/mol. The van der Waals surface area contributed by atoms with Crippen molar-refractivity contribution in [2.24, 2.45) is 0 Å². The van der Waals surface area contributed by atoms with Gasteiger partial charge in [0.1, 0.15) is 11.4 Å². The summed E-state index contributed by atoms with van der Waals surface area (Å²) in [5.74, 6) is 1.49. The molecule has 1 aromatic heterocycles. The summed E-state index contributed by atoms with van der Waals surface area (Å²) >= 11 is 1.89. The number of aromatic nitrogens is 1. The van der Waals surface area contributed by atoms with Crippen LogP contribution < -0.4 is 5.32 Å². The largest absolute Gasteiger partial charge is 0.465 e. The van der Waals surface area contributed by atoms with Gasteiger partial charge >= 0.3 is 5.97 Å². The first-order valence-corrected chi connectivity index (χ1v) is 7.95. The molecule has 0 atom stereocenters. The standard InChI is InChI=1S/C14H22N2O2S/c1-18-14(17)12-8-7-10-16-13(12)15-9-5-3-4-6-11-19-2/h7-8,10H,3-6,9,11H2,1-2H3,(H,15,16). The molecule has 0 fully saturated rings. The first-order chi connectivity index (χ1) is 9.29. The maximum atomic E-state index is 11.5. The molecule has 5 heteroatoms. The van der Waals surface area contributed by atoms with Crippen LogP contribution in [0.1, 0.15) is 36.0 Å². The van der Waals surface area contributed by atoms with Crippen molar-refractivity contribution in [3.63, 3.8) is 0 Å². The third-order valence-electron chi connectivity index (χ3n) is 2.78. The fourth-order valence-electron chi connectivity index (χ4n) is 1.75. The number of unbranched alkanes of at least 4 members (excludes halogenated alkanes) is 3. The summed E-state index contributed by atoms with van der Waals surface area (Å²) in [5.41, 5.74) is 0.493. The molecule has 4 nitrogen and oxygen atoms in total. The topological polar surface area (TPSA) is 51.2 Å². The van der Waals surface area contributed by atoms with Gasteiger partial charge in [-0.3, -0.25) is 0 Å². The number of hydrogen-bond donors (Lipinski definition) is 1. The third kappa shape index (κ3) is 5.96. The first-order valence-electron chi connectivity index (χ1n) is 6.55. The van der Waals surface area contributed by atoms with E-state index in [0.717, 1.165) is 13.0 Å². The SMILES string of the molecule is COC(=O)c1cccnc1NCCCCCCSC. The lowest BCUT2D eigenvalue weighted by molar-refractivity contribution is 0.0601. The number of nitrogens with one attached hydrogen (secondary N) is 1. The van der Waals surface area contributed by atoms with E-state index in [9.17, 15) is 4.79 Å². The van der Waals surface area contributed by atoms with E-state index >= 15 is 0 Å². The van der Waals surface area contributed by atoms with Crippen LogP contribution in [0.3, 0.4) is 0 Å². The summed E-state index contributed by atoms with van der Waals surface area (Å²) < 4.78 is 4.73. The molecule has 0 aliphatic rings. The minimum Gasteiger partial charge on any atom is -0.465 e. The second-order valence-electron chi connectivity index (χ2n) is 4.22. The van der Waals surface area contributed by atoms with Crippen LogP contribution in [-0.4, -0.2) is 36.6 Å². The number of nitrogens with zero attached hydrogens (tertiary/aromatic N) is 1. The molecule has 0 saturated carbocycles. The minimum absolute atomic E-state index is 0.351. The van der Waals surface area contributed by atoms with Gasteiger partial charge in [-0.1, -0.05) is 12.8 Å². The van der Waals surface area contributed by atoms with E-state index in [4.69, 9.17) is 4.74 Å². The lowest BCUT2D eigenvalue weighted by Crippen LogP contribution is -2.10. The lowest BCUT2D eigenvalue weighted by atomic mass is 10.2. The monoisotopic (exact) mass is 282 g/mol. The highest BCUT2D eigenvalue weighted by Gasteiger charge is 2.11. The summed E-state index contributed by atoms with van der Waals surface area (Å²) in [6, 6.07) is 3.46. The Kier molecular flexibility index (Phi) is 8.05. The molecule has 19 heavy (non-hydrogen) atoms. The second-order valence-corrected chi connectivity index (χ2v) is 5.21. The fourth-order valence-corrected chi connectivity index (χ4v) is 2.25. The molecular formula is C14H22N2O2S. The van der Waals surface area contributed by atoms with Gasteiger partial charge in [0.15, 0.2) is 0 Å². The highest BCUT2D eigenvalue weighted by Crippen LogP contribution is 2.13. The predicted molar refractivity (Wildman–Crippen MR) is 80.9 cm³/mol. The molecule has 0 aromatic carbocycles. The van der Waals surface area contributed by atoms with E-state index < -0.39 is 0 Å². The molecule has 0 spiro atoms. The Bertz CT molecular complexity index is 385. The van der Waals surface area contributed by atoms with Gasteiger partial charge < -0.3 is 10.1 Å². The number of hydrogen-bond acceptors (Lipinski definition) is 5. The molecule has 106 valence electrons. The normalized spacial score (nSPS) is 10.2.